The molecule has 1 heterocycles. The maximum atomic E-state index is 12.9. The zero-order valence-corrected chi connectivity index (χ0v) is 22.5. The fraction of sp³-hybridized carbons (Fsp3) is 0.290. The number of nitrogens with one attached hydrogen (secondary N) is 1. The lowest BCUT2D eigenvalue weighted by atomic mass is 9.77. The highest BCUT2D eigenvalue weighted by atomic mass is 16.7. The molecule has 1 aliphatic heterocycles. The normalized spacial score (nSPS) is 17.3. The van der Waals surface area contributed by atoms with Crippen molar-refractivity contribution in [1.29, 1.82) is 5.26 Å². The Morgan fingerprint density at radius 3 is 2.21 bits per heavy atom. The first-order valence-corrected chi connectivity index (χ1v) is 13.0. The molecule has 0 radical (unpaired) electrons. The number of nitriles is 1. The second-order valence-electron chi connectivity index (χ2n) is 10.9. The van der Waals surface area contributed by atoms with Gasteiger partial charge in [0.05, 0.1) is 22.8 Å². The van der Waals surface area contributed by atoms with Crippen LogP contribution in [0.1, 0.15) is 55.9 Å². The Kier molecular flexibility index (Phi) is 6.98. The van der Waals surface area contributed by atoms with Crippen LogP contribution < -0.4 is 5.32 Å². The van der Waals surface area contributed by atoms with E-state index in [9.17, 15) is 15.2 Å². The topological polar surface area (TPSA) is 101 Å². The number of carbonyl (C=O) groups excluding carboxylic acids is 1. The Morgan fingerprint density at radius 2 is 1.62 bits per heavy atom. The Hall–Kier alpha value is -4.06. The highest BCUT2D eigenvalue weighted by Gasteiger charge is 2.52. The van der Waals surface area contributed by atoms with Gasteiger partial charge < -0.3 is 24.5 Å². The monoisotopic (exact) mass is 522 g/mol. The van der Waals surface area contributed by atoms with Crippen molar-refractivity contribution in [2.75, 3.05) is 13.2 Å². The molecular formula is C31H31BN2O5. The summed E-state index contributed by atoms with van der Waals surface area (Å²) in [6.07, 6.45) is 1.11. The summed E-state index contributed by atoms with van der Waals surface area (Å²) in [4.78, 5) is 12.9. The van der Waals surface area contributed by atoms with Crippen LogP contribution in [0, 0.1) is 11.3 Å². The summed E-state index contributed by atoms with van der Waals surface area (Å²) in [5, 5.41) is 22.5. The van der Waals surface area contributed by atoms with E-state index in [1.165, 1.54) is 12.1 Å². The molecule has 0 unspecified atom stereocenters. The lowest BCUT2D eigenvalue weighted by Crippen LogP contribution is -2.41. The van der Waals surface area contributed by atoms with Crippen LogP contribution in [-0.4, -0.2) is 42.7 Å². The minimum absolute atomic E-state index is 0.00385. The van der Waals surface area contributed by atoms with Crippen molar-refractivity contribution in [3.63, 3.8) is 0 Å². The summed E-state index contributed by atoms with van der Waals surface area (Å²) in [5.74, 6) is -0.0453. The lowest BCUT2D eigenvalue weighted by molar-refractivity contribution is 0.00578. The number of nitrogens with zero attached hydrogens (tertiary/aromatic N) is 1. The van der Waals surface area contributed by atoms with Crippen LogP contribution in [0.2, 0.25) is 0 Å². The van der Waals surface area contributed by atoms with Gasteiger partial charge in [-0.15, -0.1) is 0 Å². The third-order valence-electron chi connectivity index (χ3n) is 7.83. The SMILES string of the molecule is CC1(C)OB(C(=Cc2cc(C#N)ccc2O)CNC(=O)OCC2c3ccccc3-c3ccccc32)OC1(C)C. The molecule has 0 spiro atoms. The minimum Gasteiger partial charge on any atom is -0.507 e. The Balaban J connectivity index is 1.33. The molecule has 0 bridgehead atoms. The summed E-state index contributed by atoms with van der Waals surface area (Å²) in [7, 11) is -0.769. The van der Waals surface area contributed by atoms with Crippen molar-refractivity contribution in [1.82, 2.24) is 5.32 Å². The van der Waals surface area contributed by atoms with Crippen molar-refractivity contribution < 1.29 is 23.9 Å². The summed E-state index contributed by atoms with van der Waals surface area (Å²) in [6, 6.07) is 23.0. The second kappa shape index (κ2) is 10.3. The Bertz CT molecular complexity index is 1430. The molecule has 3 aromatic rings. The van der Waals surface area contributed by atoms with E-state index in [0.717, 1.165) is 22.3 Å². The molecule has 198 valence electrons. The molecule has 1 aliphatic carbocycles. The molecule has 3 aromatic carbocycles. The van der Waals surface area contributed by atoms with E-state index in [-0.39, 0.29) is 24.8 Å². The molecule has 1 amide bonds. The van der Waals surface area contributed by atoms with Gasteiger partial charge in [0, 0.05) is 18.0 Å². The third kappa shape index (κ3) is 5.16. The van der Waals surface area contributed by atoms with Crippen LogP contribution >= 0.6 is 0 Å². The number of phenolic OH excluding ortho intramolecular Hbond substituents is 1. The Morgan fingerprint density at radius 1 is 1.03 bits per heavy atom. The molecule has 0 aromatic heterocycles. The standard InChI is InChI=1S/C31H31BN2O5/c1-30(2)31(3,4)39-32(38-30)22(16-21-15-20(17-33)13-14-28(21)35)18-34-29(36)37-19-27-25-11-7-5-9-23(25)24-10-6-8-12-26(24)27/h5-16,27,35H,18-19H2,1-4H3,(H,34,36). The molecule has 2 N–H and O–H groups in total. The Labute approximate surface area is 229 Å². The van der Waals surface area contributed by atoms with Gasteiger partial charge in [-0.1, -0.05) is 54.6 Å². The molecule has 0 saturated carbocycles. The van der Waals surface area contributed by atoms with Crippen molar-refractivity contribution in [3.8, 4) is 22.9 Å². The number of phenols is 1. The summed E-state index contributed by atoms with van der Waals surface area (Å²) in [6.45, 7) is 8.02. The van der Waals surface area contributed by atoms with E-state index in [0.29, 0.717) is 16.6 Å². The number of ether oxygens (including phenoxy) is 1. The zero-order chi connectivity index (χ0) is 27.8. The van der Waals surface area contributed by atoms with Gasteiger partial charge in [0.15, 0.2) is 0 Å². The fourth-order valence-corrected chi connectivity index (χ4v) is 4.96. The zero-order valence-electron chi connectivity index (χ0n) is 22.5. The molecule has 39 heavy (non-hydrogen) atoms. The van der Waals surface area contributed by atoms with Crippen LogP contribution in [0.4, 0.5) is 4.79 Å². The first-order valence-electron chi connectivity index (χ1n) is 13.0. The number of fused-ring (bicyclic) bond motifs is 3. The molecule has 1 saturated heterocycles. The number of alkyl carbamates (subject to hydrolysis) is 1. The van der Waals surface area contributed by atoms with Crippen molar-refractivity contribution >= 4 is 19.3 Å². The minimum atomic E-state index is -0.769. The highest BCUT2D eigenvalue weighted by molar-refractivity contribution is 6.56. The smallest absolute Gasteiger partial charge is 0.492 e. The van der Waals surface area contributed by atoms with Crippen LogP contribution in [-0.2, 0) is 14.0 Å². The van der Waals surface area contributed by atoms with E-state index in [2.05, 4.69) is 35.7 Å². The van der Waals surface area contributed by atoms with E-state index in [4.69, 9.17) is 14.0 Å². The predicted octanol–water partition coefficient (Wildman–Crippen LogP) is 5.82. The van der Waals surface area contributed by atoms with Gasteiger partial charge in [-0.25, -0.2) is 4.79 Å². The van der Waals surface area contributed by atoms with Gasteiger partial charge in [-0.3, -0.25) is 0 Å². The molecule has 7 nitrogen and oxygen atoms in total. The van der Waals surface area contributed by atoms with Gasteiger partial charge in [-0.05, 0) is 73.6 Å². The molecule has 1 fully saturated rings. The lowest BCUT2D eigenvalue weighted by Gasteiger charge is -2.32. The quantitative estimate of drug-likeness (QED) is 0.396. The van der Waals surface area contributed by atoms with Gasteiger partial charge in [0.2, 0.25) is 0 Å². The number of rotatable bonds is 6. The second-order valence-corrected chi connectivity index (χ2v) is 10.9. The van der Waals surface area contributed by atoms with Crippen LogP contribution in [0.3, 0.4) is 0 Å². The number of carbonyl (C=O) groups is 1. The predicted molar refractivity (Wildman–Crippen MR) is 150 cm³/mol. The van der Waals surface area contributed by atoms with Gasteiger partial charge in [-0.2, -0.15) is 5.26 Å². The third-order valence-corrected chi connectivity index (χ3v) is 7.83. The van der Waals surface area contributed by atoms with E-state index < -0.39 is 24.4 Å². The van der Waals surface area contributed by atoms with Crippen LogP contribution in [0.5, 0.6) is 5.75 Å². The molecule has 0 atom stereocenters. The van der Waals surface area contributed by atoms with Crippen LogP contribution in [0.15, 0.2) is 72.2 Å². The number of amides is 1. The van der Waals surface area contributed by atoms with Gasteiger partial charge in [0.1, 0.15) is 12.4 Å². The largest absolute Gasteiger partial charge is 0.507 e. The summed E-state index contributed by atoms with van der Waals surface area (Å²) < 4.78 is 18.1. The van der Waals surface area contributed by atoms with E-state index >= 15 is 0 Å². The van der Waals surface area contributed by atoms with Gasteiger partial charge >= 0.3 is 13.2 Å². The summed E-state index contributed by atoms with van der Waals surface area (Å²) in [5.41, 5.74) is 4.79. The van der Waals surface area contributed by atoms with E-state index in [1.54, 1.807) is 12.1 Å². The first-order chi connectivity index (χ1) is 18.6. The van der Waals surface area contributed by atoms with Crippen molar-refractivity contribution in [2.24, 2.45) is 0 Å². The number of benzene rings is 3. The molecular weight excluding hydrogens is 491 g/mol. The summed E-state index contributed by atoms with van der Waals surface area (Å²) >= 11 is 0. The fourth-order valence-electron chi connectivity index (χ4n) is 4.96. The molecule has 5 rings (SSSR count). The number of hydrogen-bond acceptors (Lipinski definition) is 6. The maximum absolute atomic E-state index is 12.9. The molecule has 8 heteroatoms. The van der Waals surface area contributed by atoms with Crippen molar-refractivity contribution in [3.05, 3.63) is 94.5 Å². The highest BCUT2D eigenvalue weighted by Crippen LogP contribution is 2.44. The average molecular weight is 522 g/mol. The molecule has 2 aliphatic rings. The first kappa shape index (κ1) is 26.5. The average Bonchev–Trinajstić information content (AvgIpc) is 3.35. The van der Waals surface area contributed by atoms with Gasteiger partial charge in [0.25, 0.3) is 0 Å². The number of aromatic hydroxyl groups is 1. The van der Waals surface area contributed by atoms with Crippen LogP contribution in [0.25, 0.3) is 17.2 Å². The van der Waals surface area contributed by atoms with E-state index in [1.807, 2.05) is 52.0 Å². The van der Waals surface area contributed by atoms with Crippen molar-refractivity contribution in [2.45, 2.75) is 44.8 Å². The number of hydrogen-bond donors (Lipinski definition) is 2. The maximum Gasteiger partial charge on any atom is 0.492 e.